The molecule has 128 valence electrons. The summed E-state index contributed by atoms with van der Waals surface area (Å²) in [7, 11) is 0. The van der Waals surface area contributed by atoms with Gasteiger partial charge in [-0.15, -0.1) is 0 Å². The van der Waals surface area contributed by atoms with Crippen LogP contribution in [0.2, 0.25) is 0 Å². The van der Waals surface area contributed by atoms with Gasteiger partial charge in [-0.3, -0.25) is 14.3 Å². The Bertz CT molecular complexity index is 734. The number of carbonyl (C=O) groups is 2. The number of nitrogens with zero attached hydrogens (tertiary/aromatic N) is 3. The summed E-state index contributed by atoms with van der Waals surface area (Å²) in [5, 5.41) is 7.02. The van der Waals surface area contributed by atoms with Gasteiger partial charge in [-0.2, -0.15) is 5.10 Å². The third kappa shape index (κ3) is 3.67. The number of hydrogen-bond donors (Lipinski definition) is 1. The van der Waals surface area contributed by atoms with Gasteiger partial charge in [-0.25, -0.2) is 0 Å². The molecule has 0 aliphatic carbocycles. The van der Waals surface area contributed by atoms with E-state index >= 15 is 0 Å². The third-order valence-electron chi connectivity index (χ3n) is 4.17. The molecule has 3 heterocycles. The number of amides is 2. The molecule has 1 N–H and O–H groups in total. The Morgan fingerprint density at radius 1 is 1.42 bits per heavy atom. The predicted octanol–water partition coefficient (Wildman–Crippen LogP) is 1.90. The van der Waals surface area contributed by atoms with Crippen LogP contribution in [0.4, 0.5) is 0 Å². The number of piperidine rings is 1. The molecular weight excluding hydrogens is 308 g/mol. The average Bonchev–Trinajstić information content (AvgIpc) is 3.21. The highest BCUT2D eigenvalue weighted by molar-refractivity contribution is 5.91. The maximum Gasteiger partial charge on any atom is 0.289 e. The standard InChI is InChI=1S/C17H22N4O3/c1-12-8-19-21(10-12)14-4-3-7-20(11-14)17(23)16-6-5-15(24-16)9-18-13(2)22/h5-6,8,10,14H,3-4,7,9,11H2,1-2H3,(H,18,22). The SMILES string of the molecule is CC(=O)NCc1ccc(C(=O)N2CCCC(n3cc(C)cn3)C2)o1. The Morgan fingerprint density at radius 3 is 2.96 bits per heavy atom. The zero-order valence-corrected chi connectivity index (χ0v) is 14.0. The van der Waals surface area contributed by atoms with Crippen molar-refractivity contribution in [2.24, 2.45) is 0 Å². The van der Waals surface area contributed by atoms with Crippen LogP contribution in [0.1, 0.15) is 47.7 Å². The van der Waals surface area contributed by atoms with Crippen molar-refractivity contribution < 1.29 is 14.0 Å². The maximum atomic E-state index is 12.6. The lowest BCUT2D eigenvalue weighted by Gasteiger charge is -2.32. The fourth-order valence-electron chi connectivity index (χ4n) is 2.94. The van der Waals surface area contributed by atoms with Crippen LogP contribution in [0.3, 0.4) is 0 Å². The first-order valence-corrected chi connectivity index (χ1v) is 8.16. The molecular formula is C17H22N4O3. The summed E-state index contributed by atoms with van der Waals surface area (Å²) in [6.07, 6.45) is 5.80. The Hall–Kier alpha value is -2.57. The maximum absolute atomic E-state index is 12.6. The van der Waals surface area contributed by atoms with E-state index in [4.69, 9.17) is 4.42 Å². The second-order valence-corrected chi connectivity index (χ2v) is 6.22. The lowest BCUT2D eigenvalue weighted by Crippen LogP contribution is -2.40. The van der Waals surface area contributed by atoms with Gasteiger partial charge in [-0.05, 0) is 37.5 Å². The largest absolute Gasteiger partial charge is 0.454 e. The molecule has 3 rings (SSSR count). The zero-order valence-electron chi connectivity index (χ0n) is 14.0. The van der Waals surface area contributed by atoms with Gasteiger partial charge in [0.1, 0.15) is 5.76 Å². The van der Waals surface area contributed by atoms with Crippen LogP contribution in [0.25, 0.3) is 0 Å². The third-order valence-corrected chi connectivity index (χ3v) is 4.17. The van der Waals surface area contributed by atoms with Crippen LogP contribution in [0.5, 0.6) is 0 Å². The summed E-state index contributed by atoms with van der Waals surface area (Å²) < 4.78 is 7.51. The van der Waals surface area contributed by atoms with Gasteiger partial charge < -0.3 is 14.6 Å². The highest BCUT2D eigenvalue weighted by Crippen LogP contribution is 2.23. The van der Waals surface area contributed by atoms with Crippen molar-refractivity contribution in [1.82, 2.24) is 20.0 Å². The number of furan rings is 1. The Kier molecular flexibility index (Phi) is 4.69. The first kappa shape index (κ1) is 16.3. The summed E-state index contributed by atoms with van der Waals surface area (Å²) >= 11 is 0. The van der Waals surface area contributed by atoms with Crippen LogP contribution >= 0.6 is 0 Å². The molecule has 0 radical (unpaired) electrons. The summed E-state index contributed by atoms with van der Waals surface area (Å²) in [5.74, 6) is 0.641. The molecule has 1 fully saturated rings. The molecule has 1 aliphatic rings. The van der Waals surface area contributed by atoms with Crippen molar-refractivity contribution in [3.05, 3.63) is 41.6 Å². The molecule has 0 bridgehead atoms. The van der Waals surface area contributed by atoms with Gasteiger partial charge in [0.2, 0.25) is 5.91 Å². The first-order chi connectivity index (χ1) is 11.5. The molecule has 7 heteroatoms. The number of nitrogens with one attached hydrogen (secondary N) is 1. The molecule has 24 heavy (non-hydrogen) atoms. The fourth-order valence-corrected chi connectivity index (χ4v) is 2.94. The zero-order chi connectivity index (χ0) is 17.1. The minimum Gasteiger partial charge on any atom is -0.454 e. The molecule has 1 aliphatic heterocycles. The highest BCUT2D eigenvalue weighted by Gasteiger charge is 2.27. The number of carbonyl (C=O) groups excluding carboxylic acids is 2. The van der Waals surface area contributed by atoms with Crippen LogP contribution in [-0.2, 0) is 11.3 Å². The lowest BCUT2D eigenvalue weighted by atomic mass is 10.1. The molecule has 0 spiro atoms. The van der Waals surface area contributed by atoms with Crippen LogP contribution in [-0.4, -0.2) is 39.6 Å². The summed E-state index contributed by atoms with van der Waals surface area (Å²) in [4.78, 5) is 25.4. The highest BCUT2D eigenvalue weighted by atomic mass is 16.4. The molecule has 1 unspecified atom stereocenters. The van der Waals surface area contributed by atoms with E-state index in [0.29, 0.717) is 18.1 Å². The van der Waals surface area contributed by atoms with Crippen LogP contribution < -0.4 is 5.32 Å². The van der Waals surface area contributed by atoms with Gasteiger partial charge >= 0.3 is 0 Å². The number of likely N-dealkylation sites (tertiary alicyclic amines) is 1. The second kappa shape index (κ2) is 6.90. The Morgan fingerprint density at radius 2 is 2.25 bits per heavy atom. The topological polar surface area (TPSA) is 80.4 Å². The quantitative estimate of drug-likeness (QED) is 0.928. The van der Waals surface area contributed by atoms with E-state index in [-0.39, 0.29) is 24.4 Å². The molecule has 7 nitrogen and oxygen atoms in total. The van der Waals surface area contributed by atoms with E-state index in [1.165, 1.54) is 6.92 Å². The van der Waals surface area contributed by atoms with E-state index in [0.717, 1.165) is 24.9 Å². The van der Waals surface area contributed by atoms with E-state index in [9.17, 15) is 9.59 Å². The second-order valence-electron chi connectivity index (χ2n) is 6.22. The molecule has 1 saturated heterocycles. The van der Waals surface area contributed by atoms with E-state index < -0.39 is 0 Å². The Balaban J connectivity index is 1.65. The number of aromatic nitrogens is 2. The van der Waals surface area contributed by atoms with Gasteiger partial charge in [0, 0.05) is 26.2 Å². The molecule has 1 atom stereocenters. The van der Waals surface area contributed by atoms with Crippen LogP contribution in [0, 0.1) is 6.92 Å². The number of rotatable bonds is 4. The van der Waals surface area contributed by atoms with Gasteiger partial charge in [-0.1, -0.05) is 0 Å². The number of hydrogen-bond acceptors (Lipinski definition) is 4. The van der Waals surface area contributed by atoms with E-state index in [1.807, 2.05) is 28.9 Å². The molecule has 2 aromatic rings. The van der Waals surface area contributed by atoms with Crippen molar-refractivity contribution in [3.8, 4) is 0 Å². The van der Waals surface area contributed by atoms with Gasteiger partial charge in [0.05, 0.1) is 18.8 Å². The minimum atomic E-state index is -0.132. The molecule has 0 saturated carbocycles. The predicted molar refractivity (Wildman–Crippen MR) is 87.4 cm³/mol. The fraction of sp³-hybridized carbons (Fsp3) is 0.471. The Labute approximate surface area is 140 Å². The lowest BCUT2D eigenvalue weighted by molar-refractivity contribution is -0.119. The average molecular weight is 330 g/mol. The first-order valence-electron chi connectivity index (χ1n) is 8.16. The summed E-state index contributed by atoms with van der Waals surface area (Å²) in [6, 6.07) is 3.59. The van der Waals surface area contributed by atoms with Gasteiger partial charge in [0.25, 0.3) is 5.91 Å². The number of aryl methyl sites for hydroxylation is 1. The van der Waals surface area contributed by atoms with E-state index in [1.54, 1.807) is 12.1 Å². The molecule has 2 amide bonds. The van der Waals surface area contributed by atoms with Crippen molar-refractivity contribution in [2.45, 2.75) is 39.3 Å². The molecule has 2 aromatic heterocycles. The van der Waals surface area contributed by atoms with Gasteiger partial charge in [0.15, 0.2) is 5.76 Å². The summed E-state index contributed by atoms with van der Waals surface area (Å²) in [6.45, 7) is 5.09. The van der Waals surface area contributed by atoms with Crippen molar-refractivity contribution in [1.29, 1.82) is 0 Å². The normalized spacial score (nSPS) is 17.8. The van der Waals surface area contributed by atoms with Crippen molar-refractivity contribution >= 4 is 11.8 Å². The van der Waals surface area contributed by atoms with Crippen molar-refractivity contribution in [2.75, 3.05) is 13.1 Å². The van der Waals surface area contributed by atoms with Crippen LogP contribution in [0.15, 0.2) is 28.9 Å². The van der Waals surface area contributed by atoms with Crippen molar-refractivity contribution in [3.63, 3.8) is 0 Å². The monoisotopic (exact) mass is 330 g/mol. The summed E-state index contributed by atoms with van der Waals surface area (Å²) in [5.41, 5.74) is 1.12. The smallest absolute Gasteiger partial charge is 0.289 e. The van der Waals surface area contributed by atoms with E-state index in [2.05, 4.69) is 10.4 Å². The minimum absolute atomic E-state index is 0.113. The molecule has 0 aromatic carbocycles.